The molecule has 0 saturated carbocycles. The van der Waals surface area contributed by atoms with E-state index < -0.39 is 0 Å². The molecule has 2 aromatic rings. The van der Waals surface area contributed by atoms with Gasteiger partial charge in [0.15, 0.2) is 0 Å². The smallest absolute Gasteiger partial charge is 0.316 e. The minimum absolute atomic E-state index is 0.139. The second kappa shape index (κ2) is 6.50. The first-order valence-corrected chi connectivity index (χ1v) is 7.68. The maximum Gasteiger partial charge on any atom is 0.316 e. The van der Waals surface area contributed by atoms with Gasteiger partial charge in [0.2, 0.25) is 0 Å². The molecule has 1 N–H and O–H groups in total. The van der Waals surface area contributed by atoms with Crippen molar-refractivity contribution in [2.75, 3.05) is 33.9 Å². The summed E-state index contributed by atoms with van der Waals surface area (Å²) in [5.41, 5.74) is 2.18. The molecule has 2 heterocycles. The van der Waals surface area contributed by atoms with E-state index in [0.29, 0.717) is 19.0 Å². The van der Waals surface area contributed by atoms with Gasteiger partial charge in [-0.1, -0.05) is 6.07 Å². The maximum atomic E-state index is 12.2. The second-order valence-electron chi connectivity index (χ2n) is 6.03. The molecule has 1 aliphatic heterocycles. The van der Waals surface area contributed by atoms with Crippen LogP contribution in [0.25, 0.3) is 10.9 Å². The molecule has 0 bridgehead atoms. The van der Waals surface area contributed by atoms with Gasteiger partial charge in [-0.15, -0.1) is 0 Å². The number of carbonyl (C=O) groups is 1. The van der Waals surface area contributed by atoms with Crippen molar-refractivity contribution in [2.24, 2.45) is 5.92 Å². The molecule has 0 radical (unpaired) electrons. The highest BCUT2D eigenvalue weighted by Gasteiger charge is 2.26. The molecule has 5 nitrogen and oxygen atoms in total. The number of hydrogen-bond donors (Lipinski definition) is 1. The Morgan fingerprint density at radius 3 is 3.05 bits per heavy atom. The average molecular weight is 302 g/mol. The summed E-state index contributed by atoms with van der Waals surface area (Å²) >= 11 is 0. The Morgan fingerprint density at radius 1 is 1.45 bits per heavy atom. The number of rotatable bonds is 5. The number of benzene rings is 1. The van der Waals surface area contributed by atoms with E-state index in [0.717, 1.165) is 30.3 Å². The van der Waals surface area contributed by atoms with Crippen molar-refractivity contribution in [3.05, 3.63) is 30.0 Å². The summed E-state index contributed by atoms with van der Waals surface area (Å²) in [6.07, 6.45) is 3.66. The number of aromatic amines is 1. The lowest BCUT2D eigenvalue weighted by Crippen LogP contribution is -2.20. The first kappa shape index (κ1) is 15.1. The lowest BCUT2D eigenvalue weighted by atomic mass is 10.1. The molecular formula is C17H22N2O3. The summed E-state index contributed by atoms with van der Waals surface area (Å²) < 4.78 is 10.9. The normalized spacial score (nSPS) is 18.2. The van der Waals surface area contributed by atoms with Crippen LogP contribution in [0.2, 0.25) is 0 Å². The quantitative estimate of drug-likeness (QED) is 0.679. The zero-order chi connectivity index (χ0) is 15.5. The Kier molecular flexibility index (Phi) is 4.45. The molecule has 1 aromatic heterocycles. The molecule has 1 saturated heterocycles. The fraction of sp³-hybridized carbons (Fsp3) is 0.471. The number of fused-ring (bicyclic) bond motifs is 1. The van der Waals surface area contributed by atoms with E-state index in [2.05, 4.69) is 24.0 Å². The number of carbonyl (C=O) groups excluding carboxylic acids is 1. The third kappa shape index (κ3) is 3.15. The zero-order valence-corrected chi connectivity index (χ0v) is 13.1. The van der Waals surface area contributed by atoms with Crippen LogP contribution in [0.3, 0.4) is 0 Å². The highest BCUT2D eigenvalue weighted by atomic mass is 16.5. The van der Waals surface area contributed by atoms with E-state index >= 15 is 0 Å². The van der Waals surface area contributed by atoms with Gasteiger partial charge in [0.05, 0.1) is 12.5 Å². The predicted molar refractivity (Wildman–Crippen MR) is 85.1 cm³/mol. The molecule has 1 aliphatic rings. The molecule has 22 heavy (non-hydrogen) atoms. The van der Waals surface area contributed by atoms with Crippen LogP contribution in [0.4, 0.5) is 0 Å². The minimum atomic E-state index is -0.190. The monoisotopic (exact) mass is 302 g/mol. The van der Waals surface area contributed by atoms with Crippen LogP contribution < -0.4 is 4.74 Å². The van der Waals surface area contributed by atoms with E-state index in [1.54, 1.807) is 0 Å². The summed E-state index contributed by atoms with van der Waals surface area (Å²) in [4.78, 5) is 17.6. The Balaban J connectivity index is 1.84. The average Bonchev–Trinajstić information content (AvgIpc) is 3.15. The van der Waals surface area contributed by atoms with Gasteiger partial charge < -0.3 is 19.4 Å². The summed E-state index contributed by atoms with van der Waals surface area (Å²) in [6, 6.07) is 5.77. The highest BCUT2D eigenvalue weighted by Crippen LogP contribution is 2.30. The van der Waals surface area contributed by atoms with Crippen molar-refractivity contribution in [3.63, 3.8) is 0 Å². The molecule has 3 rings (SSSR count). The molecule has 1 atom stereocenters. The van der Waals surface area contributed by atoms with Crippen LogP contribution in [-0.4, -0.2) is 49.7 Å². The van der Waals surface area contributed by atoms with Gasteiger partial charge >= 0.3 is 5.97 Å². The molecule has 118 valence electrons. The van der Waals surface area contributed by atoms with Crippen LogP contribution >= 0.6 is 0 Å². The van der Waals surface area contributed by atoms with Gasteiger partial charge in [-0.3, -0.25) is 4.79 Å². The number of aromatic nitrogens is 1. The Labute approximate surface area is 130 Å². The van der Waals surface area contributed by atoms with Crippen molar-refractivity contribution in [1.82, 2.24) is 9.88 Å². The largest absolute Gasteiger partial charge is 0.426 e. The van der Waals surface area contributed by atoms with E-state index in [-0.39, 0.29) is 11.9 Å². The Bertz CT molecular complexity index is 657. The first-order chi connectivity index (χ1) is 10.6. The summed E-state index contributed by atoms with van der Waals surface area (Å²) in [6.45, 7) is 2.06. The number of hydrogen-bond acceptors (Lipinski definition) is 4. The van der Waals surface area contributed by atoms with E-state index in [9.17, 15) is 4.79 Å². The number of H-pyrrole nitrogens is 1. The van der Waals surface area contributed by atoms with Crippen LogP contribution in [0.15, 0.2) is 24.4 Å². The standard InChI is InChI=1S/C17H22N2O3/c1-19(2)8-6-12-10-18-14-4-3-5-15(16(12)14)22-17(20)13-7-9-21-11-13/h3-5,10,13,18H,6-9,11H2,1-2H3. The van der Waals surface area contributed by atoms with Crippen molar-refractivity contribution < 1.29 is 14.3 Å². The molecule has 0 spiro atoms. The third-order valence-corrected chi connectivity index (χ3v) is 4.05. The first-order valence-electron chi connectivity index (χ1n) is 7.68. The van der Waals surface area contributed by atoms with Gasteiger partial charge in [-0.05, 0) is 44.6 Å². The molecule has 1 fully saturated rings. The topological polar surface area (TPSA) is 54.6 Å². The summed E-state index contributed by atoms with van der Waals surface area (Å²) in [5, 5.41) is 1.01. The van der Waals surface area contributed by atoms with E-state index in [1.165, 1.54) is 5.56 Å². The fourth-order valence-corrected chi connectivity index (χ4v) is 2.76. The van der Waals surface area contributed by atoms with Crippen LogP contribution in [0.5, 0.6) is 5.75 Å². The second-order valence-corrected chi connectivity index (χ2v) is 6.03. The number of likely N-dealkylation sites (N-methyl/N-ethyl adjacent to an activating group) is 1. The van der Waals surface area contributed by atoms with E-state index in [4.69, 9.17) is 9.47 Å². The lowest BCUT2D eigenvalue weighted by Gasteiger charge is -2.12. The Morgan fingerprint density at radius 2 is 2.32 bits per heavy atom. The van der Waals surface area contributed by atoms with E-state index in [1.807, 2.05) is 24.4 Å². The molecule has 1 aromatic carbocycles. The molecule has 5 heteroatoms. The molecule has 1 unspecified atom stereocenters. The number of esters is 1. The fourth-order valence-electron chi connectivity index (χ4n) is 2.76. The summed E-state index contributed by atoms with van der Waals surface area (Å²) in [5.74, 6) is 0.314. The van der Waals surface area contributed by atoms with Crippen molar-refractivity contribution in [1.29, 1.82) is 0 Å². The van der Waals surface area contributed by atoms with Gasteiger partial charge in [-0.25, -0.2) is 0 Å². The van der Waals surface area contributed by atoms with Gasteiger partial charge in [0.25, 0.3) is 0 Å². The zero-order valence-electron chi connectivity index (χ0n) is 13.1. The minimum Gasteiger partial charge on any atom is -0.426 e. The van der Waals surface area contributed by atoms with Crippen molar-refractivity contribution >= 4 is 16.9 Å². The van der Waals surface area contributed by atoms with Gasteiger partial charge in [0.1, 0.15) is 5.75 Å². The highest BCUT2D eigenvalue weighted by molar-refractivity contribution is 5.91. The van der Waals surface area contributed by atoms with Gasteiger partial charge in [-0.2, -0.15) is 0 Å². The lowest BCUT2D eigenvalue weighted by molar-refractivity contribution is -0.138. The number of ether oxygens (including phenoxy) is 2. The number of nitrogens with one attached hydrogen (secondary N) is 1. The third-order valence-electron chi connectivity index (χ3n) is 4.05. The maximum absolute atomic E-state index is 12.2. The van der Waals surface area contributed by atoms with Crippen LogP contribution in [-0.2, 0) is 16.0 Å². The van der Waals surface area contributed by atoms with Crippen molar-refractivity contribution in [3.8, 4) is 5.75 Å². The summed E-state index contributed by atoms with van der Waals surface area (Å²) in [7, 11) is 4.10. The van der Waals surface area contributed by atoms with Crippen molar-refractivity contribution in [2.45, 2.75) is 12.8 Å². The molecular weight excluding hydrogens is 280 g/mol. The number of nitrogens with zero attached hydrogens (tertiary/aromatic N) is 1. The van der Waals surface area contributed by atoms with Crippen LogP contribution in [0, 0.1) is 5.92 Å². The SMILES string of the molecule is CN(C)CCc1c[nH]c2cccc(OC(=O)C3CCOC3)c12. The predicted octanol–water partition coefficient (Wildman–Crippen LogP) is 2.21. The Hall–Kier alpha value is -1.85. The van der Waals surface area contributed by atoms with Crippen LogP contribution in [0.1, 0.15) is 12.0 Å². The molecule has 0 amide bonds. The molecule has 0 aliphatic carbocycles. The van der Waals surface area contributed by atoms with Gasteiger partial charge in [0, 0.05) is 30.3 Å².